The average molecular weight is 156 g/mol. The number of rotatable bonds is 6. The molecule has 0 aromatic carbocycles. The molecule has 0 aromatic rings. The predicted octanol–water partition coefficient (Wildman–Crippen LogP) is 1.95. The first-order valence-corrected chi connectivity index (χ1v) is 3.98. The van der Waals surface area contributed by atoms with E-state index in [2.05, 4.69) is 6.92 Å². The smallest absolute Gasteiger partial charge is 0.123 e. The van der Waals surface area contributed by atoms with Gasteiger partial charge in [0.15, 0.2) is 0 Å². The van der Waals surface area contributed by atoms with E-state index in [9.17, 15) is 4.79 Å². The minimum absolute atomic E-state index is 0.181. The van der Waals surface area contributed by atoms with Gasteiger partial charge in [-0.1, -0.05) is 25.5 Å². The van der Waals surface area contributed by atoms with E-state index in [1.54, 1.807) is 7.11 Å². The number of hydrogen-bond donors (Lipinski definition) is 0. The highest BCUT2D eigenvalue weighted by Crippen LogP contribution is 2.02. The molecule has 0 N–H and O–H groups in total. The molecule has 0 saturated heterocycles. The van der Waals surface area contributed by atoms with E-state index < -0.39 is 0 Å². The molecule has 0 rings (SSSR count). The van der Waals surface area contributed by atoms with Gasteiger partial charge in [0.2, 0.25) is 0 Å². The van der Waals surface area contributed by atoms with Crippen molar-refractivity contribution in [3.8, 4) is 0 Å². The summed E-state index contributed by atoms with van der Waals surface area (Å²) in [6.45, 7) is 2.11. The molecule has 0 aliphatic heterocycles. The molecule has 0 amide bonds. The Bertz CT molecular complexity index is 119. The molecular formula is C9H16O2. The van der Waals surface area contributed by atoms with Gasteiger partial charge in [0.05, 0.1) is 6.10 Å². The van der Waals surface area contributed by atoms with Crippen LogP contribution in [-0.4, -0.2) is 19.5 Å². The van der Waals surface area contributed by atoms with Crippen molar-refractivity contribution >= 4 is 6.29 Å². The highest BCUT2D eigenvalue weighted by atomic mass is 16.5. The SMILES string of the molecule is CCCC(/C=C/CC=O)OC. The van der Waals surface area contributed by atoms with Crippen molar-refractivity contribution in [2.75, 3.05) is 7.11 Å². The molecule has 1 atom stereocenters. The summed E-state index contributed by atoms with van der Waals surface area (Å²) < 4.78 is 5.13. The van der Waals surface area contributed by atoms with Crippen LogP contribution in [0.2, 0.25) is 0 Å². The van der Waals surface area contributed by atoms with E-state index in [0.717, 1.165) is 19.1 Å². The summed E-state index contributed by atoms with van der Waals surface area (Å²) in [5.74, 6) is 0. The van der Waals surface area contributed by atoms with E-state index in [0.29, 0.717) is 6.42 Å². The maximum atomic E-state index is 9.94. The zero-order chi connectivity index (χ0) is 8.53. The number of aldehydes is 1. The van der Waals surface area contributed by atoms with Gasteiger partial charge < -0.3 is 9.53 Å². The van der Waals surface area contributed by atoms with E-state index >= 15 is 0 Å². The van der Waals surface area contributed by atoms with E-state index in [-0.39, 0.29) is 6.10 Å². The molecule has 2 nitrogen and oxygen atoms in total. The first-order valence-electron chi connectivity index (χ1n) is 3.98. The second-order valence-corrected chi connectivity index (χ2v) is 2.39. The van der Waals surface area contributed by atoms with E-state index in [1.807, 2.05) is 12.2 Å². The van der Waals surface area contributed by atoms with Gasteiger partial charge in [0.1, 0.15) is 6.29 Å². The molecule has 0 bridgehead atoms. The lowest BCUT2D eigenvalue weighted by atomic mass is 10.2. The third kappa shape index (κ3) is 5.80. The maximum Gasteiger partial charge on any atom is 0.123 e. The Morgan fingerprint density at radius 1 is 1.55 bits per heavy atom. The maximum absolute atomic E-state index is 9.94. The number of hydrogen-bond acceptors (Lipinski definition) is 2. The third-order valence-electron chi connectivity index (χ3n) is 1.46. The quantitative estimate of drug-likeness (QED) is 0.434. The van der Waals surface area contributed by atoms with Gasteiger partial charge in [-0.25, -0.2) is 0 Å². The van der Waals surface area contributed by atoms with Gasteiger partial charge >= 0.3 is 0 Å². The summed E-state index contributed by atoms with van der Waals surface area (Å²) in [5, 5.41) is 0. The van der Waals surface area contributed by atoms with Gasteiger partial charge in [-0.05, 0) is 6.42 Å². The van der Waals surface area contributed by atoms with Crippen LogP contribution in [0.3, 0.4) is 0 Å². The van der Waals surface area contributed by atoms with Gasteiger partial charge in [-0.15, -0.1) is 0 Å². The molecule has 0 radical (unpaired) electrons. The average Bonchev–Trinajstić information content (AvgIpc) is 2.03. The van der Waals surface area contributed by atoms with Crippen LogP contribution < -0.4 is 0 Å². The second kappa shape index (κ2) is 7.48. The zero-order valence-corrected chi connectivity index (χ0v) is 7.25. The van der Waals surface area contributed by atoms with Crippen LogP contribution in [-0.2, 0) is 9.53 Å². The van der Waals surface area contributed by atoms with Gasteiger partial charge in [-0.2, -0.15) is 0 Å². The topological polar surface area (TPSA) is 26.3 Å². The molecule has 11 heavy (non-hydrogen) atoms. The predicted molar refractivity (Wildman–Crippen MR) is 45.5 cm³/mol. The minimum atomic E-state index is 0.181. The Morgan fingerprint density at radius 3 is 2.73 bits per heavy atom. The highest BCUT2D eigenvalue weighted by molar-refractivity contribution is 5.51. The van der Waals surface area contributed by atoms with Crippen molar-refractivity contribution in [2.45, 2.75) is 32.3 Å². The van der Waals surface area contributed by atoms with Crippen LogP contribution in [0.15, 0.2) is 12.2 Å². The van der Waals surface area contributed by atoms with Crippen molar-refractivity contribution < 1.29 is 9.53 Å². The fraction of sp³-hybridized carbons (Fsp3) is 0.667. The summed E-state index contributed by atoms with van der Waals surface area (Å²) in [4.78, 5) is 9.94. The summed E-state index contributed by atoms with van der Waals surface area (Å²) >= 11 is 0. The van der Waals surface area contributed by atoms with Gasteiger partial charge in [-0.3, -0.25) is 0 Å². The molecule has 64 valence electrons. The van der Waals surface area contributed by atoms with Crippen LogP contribution in [0, 0.1) is 0 Å². The lowest BCUT2D eigenvalue weighted by molar-refractivity contribution is -0.107. The van der Waals surface area contributed by atoms with Gasteiger partial charge in [0.25, 0.3) is 0 Å². The fourth-order valence-electron chi connectivity index (χ4n) is 0.863. The number of ether oxygens (including phenoxy) is 1. The van der Waals surface area contributed by atoms with Gasteiger partial charge in [0, 0.05) is 13.5 Å². The van der Waals surface area contributed by atoms with Crippen LogP contribution >= 0.6 is 0 Å². The Kier molecular flexibility index (Phi) is 7.05. The Balaban J connectivity index is 3.56. The molecule has 2 heteroatoms. The number of carbonyl (C=O) groups is 1. The second-order valence-electron chi connectivity index (χ2n) is 2.39. The fourth-order valence-corrected chi connectivity index (χ4v) is 0.863. The lowest BCUT2D eigenvalue weighted by Crippen LogP contribution is -2.05. The third-order valence-corrected chi connectivity index (χ3v) is 1.46. The van der Waals surface area contributed by atoms with Crippen molar-refractivity contribution in [3.05, 3.63) is 12.2 Å². The largest absolute Gasteiger partial charge is 0.377 e. The molecule has 0 aromatic heterocycles. The van der Waals surface area contributed by atoms with E-state index in [4.69, 9.17) is 4.74 Å². The number of allylic oxidation sites excluding steroid dienone is 1. The molecule has 0 aliphatic rings. The first-order chi connectivity index (χ1) is 5.35. The first kappa shape index (κ1) is 10.4. The molecule has 0 spiro atoms. The molecule has 1 unspecified atom stereocenters. The van der Waals surface area contributed by atoms with Crippen molar-refractivity contribution in [1.29, 1.82) is 0 Å². The Hall–Kier alpha value is -0.630. The summed E-state index contributed by atoms with van der Waals surface area (Å²) in [7, 11) is 1.69. The monoisotopic (exact) mass is 156 g/mol. The summed E-state index contributed by atoms with van der Waals surface area (Å²) in [6.07, 6.45) is 7.46. The molecule has 0 heterocycles. The number of methoxy groups -OCH3 is 1. The van der Waals surface area contributed by atoms with Crippen molar-refractivity contribution in [2.24, 2.45) is 0 Å². The van der Waals surface area contributed by atoms with Crippen LogP contribution in [0.4, 0.5) is 0 Å². The van der Waals surface area contributed by atoms with Crippen LogP contribution in [0.5, 0.6) is 0 Å². The summed E-state index contributed by atoms with van der Waals surface area (Å²) in [6, 6.07) is 0. The summed E-state index contributed by atoms with van der Waals surface area (Å²) in [5.41, 5.74) is 0. The molecule has 0 saturated carbocycles. The standard InChI is InChI=1S/C9H16O2/c1-3-6-9(11-2)7-4-5-8-10/h4,7-9H,3,5-6H2,1-2H3/b7-4+. The van der Waals surface area contributed by atoms with E-state index in [1.165, 1.54) is 0 Å². The van der Waals surface area contributed by atoms with Crippen LogP contribution in [0.25, 0.3) is 0 Å². The molecule has 0 fully saturated rings. The normalized spacial score (nSPS) is 13.6. The van der Waals surface area contributed by atoms with Crippen molar-refractivity contribution in [1.82, 2.24) is 0 Å². The zero-order valence-electron chi connectivity index (χ0n) is 7.25. The molecule has 0 aliphatic carbocycles. The van der Waals surface area contributed by atoms with Crippen LogP contribution in [0.1, 0.15) is 26.2 Å². The Morgan fingerprint density at radius 2 is 2.27 bits per heavy atom. The minimum Gasteiger partial charge on any atom is -0.377 e. The Labute approximate surface area is 68.2 Å². The highest BCUT2D eigenvalue weighted by Gasteiger charge is 1.98. The lowest BCUT2D eigenvalue weighted by Gasteiger charge is -2.07. The molecular weight excluding hydrogens is 140 g/mol. The number of carbonyl (C=O) groups excluding carboxylic acids is 1. The van der Waals surface area contributed by atoms with Crippen molar-refractivity contribution in [3.63, 3.8) is 0 Å².